The third-order valence-corrected chi connectivity index (χ3v) is 4.54. The molecule has 2 aliphatic rings. The molecule has 0 aromatic rings. The summed E-state index contributed by atoms with van der Waals surface area (Å²) < 4.78 is 44.7. The summed E-state index contributed by atoms with van der Waals surface area (Å²) in [6.07, 6.45) is -0.801. The Morgan fingerprint density at radius 1 is 1.17 bits per heavy atom. The van der Waals surface area contributed by atoms with Gasteiger partial charge in [-0.1, -0.05) is 12.8 Å². The number of carbonyl (C=O) groups excluding carboxylic acids is 1. The predicted octanol–water partition coefficient (Wildman–Crippen LogP) is 2.13. The van der Waals surface area contributed by atoms with Gasteiger partial charge in [0.15, 0.2) is 0 Å². The monoisotopic (exact) mass is 337 g/mol. The van der Waals surface area contributed by atoms with E-state index in [2.05, 4.69) is 15.5 Å². The van der Waals surface area contributed by atoms with Crippen LogP contribution in [0.25, 0.3) is 0 Å². The van der Waals surface area contributed by atoms with E-state index in [4.69, 9.17) is 4.74 Å². The number of rotatable bonds is 5. The SMILES string of the molecule is O=C(NCCN1CCCOCC1)N[C@H](C1CCCC1)C(F)(F)F. The molecule has 2 rings (SSSR count). The summed E-state index contributed by atoms with van der Waals surface area (Å²) in [5.74, 6) is -0.497. The molecule has 1 saturated carbocycles. The average molecular weight is 337 g/mol. The maximum Gasteiger partial charge on any atom is 0.408 e. The highest BCUT2D eigenvalue weighted by Gasteiger charge is 2.46. The average Bonchev–Trinajstić information content (AvgIpc) is 2.88. The molecule has 0 radical (unpaired) electrons. The fourth-order valence-electron chi connectivity index (χ4n) is 3.30. The van der Waals surface area contributed by atoms with Crippen LogP contribution in [0.3, 0.4) is 0 Å². The first-order valence-corrected chi connectivity index (χ1v) is 8.38. The van der Waals surface area contributed by atoms with Crippen LogP contribution in [0.1, 0.15) is 32.1 Å². The van der Waals surface area contributed by atoms with Gasteiger partial charge in [-0.3, -0.25) is 4.90 Å². The predicted molar refractivity (Wildman–Crippen MR) is 80.2 cm³/mol. The number of carbonyl (C=O) groups is 1. The van der Waals surface area contributed by atoms with Gasteiger partial charge in [-0.15, -0.1) is 0 Å². The zero-order valence-corrected chi connectivity index (χ0v) is 13.3. The molecular formula is C15H26F3N3O2. The maximum absolute atomic E-state index is 13.1. The zero-order chi connectivity index (χ0) is 16.7. The number of urea groups is 1. The molecule has 134 valence electrons. The quantitative estimate of drug-likeness (QED) is 0.808. The highest BCUT2D eigenvalue weighted by atomic mass is 19.4. The highest BCUT2D eigenvalue weighted by molar-refractivity contribution is 5.74. The molecule has 0 aromatic heterocycles. The summed E-state index contributed by atoms with van der Waals surface area (Å²) in [6, 6.07) is -2.47. The van der Waals surface area contributed by atoms with Gasteiger partial charge in [0.25, 0.3) is 0 Å². The lowest BCUT2D eigenvalue weighted by Crippen LogP contribution is -2.53. The van der Waals surface area contributed by atoms with Crippen molar-refractivity contribution in [2.24, 2.45) is 5.92 Å². The summed E-state index contributed by atoms with van der Waals surface area (Å²) in [4.78, 5) is 13.9. The number of hydrogen-bond acceptors (Lipinski definition) is 3. The summed E-state index contributed by atoms with van der Waals surface area (Å²) in [5.41, 5.74) is 0. The number of hydrogen-bond donors (Lipinski definition) is 2. The lowest BCUT2D eigenvalue weighted by atomic mass is 9.98. The molecular weight excluding hydrogens is 311 g/mol. The van der Waals surface area contributed by atoms with Gasteiger partial charge in [0.2, 0.25) is 0 Å². The summed E-state index contributed by atoms with van der Waals surface area (Å²) in [5, 5.41) is 4.67. The molecule has 2 fully saturated rings. The lowest BCUT2D eigenvalue weighted by Gasteiger charge is -2.27. The molecule has 2 N–H and O–H groups in total. The first-order chi connectivity index (χ1) is 11.0. The van der Waals surface area contributed by atoms with E-state index < -0.39 is 24.2 Å². The minimum atomic E-state index is -4.39. The van der Waals surface area contributed by atoms with Gasteiger partial charge in [0.05, 0.1) is 6.61 Å². The Bertz CT molecular complexity index is 365. The van der Waals surface area contributed by atoms with Crippen LogP contribution in [0.4, 0.5) is 18.0 Å². The Morgan fingerprint density at radius 3 is 2.61 bits per heavy atom. The van der Waals surface area contributed by atoms with Crippen LogP contribution < -0.4 is 10.6 Å². The van der Waals surface area contributed by atoms with Gasteiger partial charge in [-0.2, -0.15) is 13.2 Å². The number of amides is 2. The Balaban J connectivity index is 1.73. The standard InChI is InChI=1S/C15H26F3N3O2/c16-15(17,18)13(12-4-1-2-5-12)20-14(22)19-6-8-21-7-3-10-23-11-9-21/h12-13H,1-11H2,(H2,19,20,22)/t13-/m1/s1. The van der Waals surface area contributed by atoms with Crippen LogP contribution in [0.2, 0.25) is 0 Å². The number of halogens is 3. The van der Waals surface area contributed by atoms with Crippen molar-refractivity contribution in [3.63, 3.8) is 0 Å². The Labute approximate surface area is 134 Å². The van der Waals surface area contributed by atoms with E-state index in [-0.39, 0.29) is 0 Å². The van der Waals surface area contributed by atoms with Crippen molar-refractivity contribution in [2.75, 3.05) is 39.4 Å². The van der Waals surface area contributed by atoms with E-state index in [1.165, 1.54) is 0 Å². The second-order valence-electron chi connectivity index (χ2n) is 6.27. The fraction of sp³-hybridized carbons (Fsp3) is 0.933. The van der Waals surface area contributed by atoms with Crippen LogP contribution in [-0.2, 0) is 4.74 Å². The van der Waals surface area contributed by atoms with Gasteiger partial charge in [0.1, 0.15) is 6.04 Å². The summed E-state index contributed by atoms with van der Waals surface area (Å²) in [7, 11) is 0. The zero-order valence-electron chi connectivity index (χ0n) is 13.3. The topological polar surface area (TPSA) is 53.6 Å². The molecule has 0 aromatic carbocycles. The Hall–Kier alpha value is -1.02. The Morgan fingerprint density at radius 2 is 1.91 bits per heavy atom. The van der Waals surface area contributed by atoms with Gasteiger partial charge in [0, 0.05) is 32.8 Å². The van der Waals surface area contributed by atoms with E-state index in [9.17, 15) is 18.0 Å². The molecule has 5 nitrogen and oxygen atoms in total. The van der Waals surface area contributed by atoms with Crippen molar-refractivity contribution in [1.82, 2.24) is 15.5 Å². The third-order valence-electron chi connectivity index (χ3n) is 4.54. The van der Waals surface area contributed by atoms with Crippen molar-refractivity contribution in [3.05, 3.63) is 0 Å². The lowest BCUT2D eigenvalue weighted by molar-refractivity contribution is -0.164. The highest BCUT2D eigenvalue weighted by Crippen LogP contribution is 2.35. The van der Waals surface area contributed by atoms with Crippen molar-refractivity contribution >= 4 is 6.03 Å². The number of alkyl halides is 3. The van der Waals surface area contributed by atoms with E-state index in [1.807, 2.05) is 0 Å². The first kappa shape index (κ1) is 18.3. The molecule has 0 bridgehead atoms. The fourth-order valence-corrected chi connectivity index (χ4v) is 3.30. The first-order valence-electron chi connectivity index (χ1n) is 8.38. The van der Waals surface area contributed by atoms with Gasteiger partial charge < -0.3 is 15.4 Å². The van der Waals surface area contributed by atoms with Crippen molar-refractivity contribution in [1.29, 1.82) is 0 Å². The largest absolute Gasteiger partial charge is 0.408 e. The number of nitrogens with zero attached hydrogens (tertiary/aromatic N) is 1. The van der Waals surface area contributed by atoms with Gasteiger partial charge in [-0.05, 0) is 25.2 Å². The van der Waals surface area contributed by atoms with E-state index in [0.29, 0.717) is 32.5 Å². The molecule has 1 aliphatic heterocycles. The second-order valence-corrected chi connectivity index (χ2v) is 6.27. The molecule has 0 spiro atoms. The van der Waals surface area contributed by atoms with Gasteiger partial charge >= 0.3 is 12.2 Å². The van der Waals surface area contributed by atoms with E-state index in [1.54, 1.807) is 0 Å². The summed E-state index contributed by atoms with van der Waals surface area (Å²) >= 11 is 0. The second kappa shape index (κ2) is 8.73. The molecule has 0 unspecified atom stereocenters. The van der Waals surface area contributed by atoms with E-state index >= 15 is 0 Å². The smallest absolute Gasteiger partial charge is 0.380 e. The van der Waals surface area contributed by atoms with Crippen molar-refractivity contribution in [3.8, 4) is 0 Å². The van der Waals surface area contributed by atoms with E-state index in [0.717, 1.165) is 39.0 Å². The minimum Gasteiger partial charge on any atom is -0.380 e. The normalized spacial score (nSPS) is 22.6. The van der Waals surface area contributed by atoms with Crippen LogP contribution in [-0.4, -0.2) is 62.5 Å². The van der Waals surface area contributed by atoms with Crippen molar-refractivity contribution < 1.29 is 22.7 Å². The van der Waals surface area contributed by atoms with Crippen molar-refractivity contribution in [2.45, 2.75) is 44.3 Å². The minimum absolute atomic E-state index is 0.334. The van der Waals surface area contributed by atoms with Gasteiger partial charge in [-0.25, -0.2) is 4.79 Å². The number of nitrogens with one attached hydrogen (secondary N) is 2. The molecule has 1 saturated heterocycles. The van der Waals surface area contributed by atoms with Crippen LogP contribution in [0, 0.1) is 5.92 Å². The molecule has 2 amide bonds. The third kappa shape index (κ3) is 6.18. The summed E-state index contributed by atoms with van der Waals surface area (Å²) in [6.45, 7) is 4.02. The van der Waals surface area contributed by atoms with Crippen LogP contribution in [0.5, 0.6) is 0 Å². The number of ether oxygens (including phenoxy) is 1. The molecule has 8 heteroatoms. The maximum atomic E-state index is 13.1. The molecule has 23 heavy (non-hydrogen) atoms. The molecule has 1 heterocycles. The molecule has 1 atom stereocenters. The molecule has 1 aliphatic carbocycles. The van der Waals surface area contributed by atoms with Crippen LogP contribution >= 0.6 is 0 Å². The van der Waals surface area contributed by atoms with Crippen LogP contribution in [0.15, 0.2) is 0 Å². The Kier molecular flexibility index (Phi) is 6.95.